The molecule has 0 aliphatic carbocycles. The molecule has 3 rings (SSSR count). The van der Waals surface area contributed by atoms with Gasteiger partial charge in [0.15, 0.2) is 0 Å². The highest BCUT2D eigenvalue weighted by molar-refractivity contribution is 5.37. The molecule has 0 radical (unpaired) electrons. The highest BCUT2D eigenvalue weighted by atomic mass is 16.5. The third-order valence-electron chi connectivity index (χ3n) is 5.91. The summed E-state index contributed by atoms with van der Waals surface area (Å²) in [4.78, 5) is 4.94. The van der Waals surface area contributed by atoms with E-state index in [1.807, 2.05) is 12.1 Å². The highest BCUT2D eigenvalue weighted by Gasteiger charge is 2.19. The van der Waals surface area contributed by atoms with Gasteiger partial charge in [-0.3, -0.25) is 0 Å². The third-order valence-corrected chi connectivity index (χ3v) is 5.91. The molecule has 2 aromatic rings. The Morgan fingerprint density at radius 3 is 2.38 bits per heavy atom. The topological polar surface area (TPSA) is 24.9 Å². The van der Waals surface area contributed by atoms with Crippen LogP contribution in [0.15, 0.2) is 42.5 Å². The summed E-state index contributed by atoms with van der Waals surface area (Å²) in [5.41, 5.74) is 3.85. The van der Waals surface area contributed by atoms with Gasteiger partial charge in [0.1, 0.15) is 17.6 Å². The Morgan fingerprint density at radius 2 is 1.72 bits per heavy atom. The van der Waals surface area contributed by atoms with Crippen molar-refractivity contribution in [2.75, 3.05) is 46.9 Å². The lowest BCUT2D eigenvalue weighted by molar-refractivity contribution is 0.123. The first-order chi connectivity index (χ1) is 14.0. The van der Waals surface area contributed by atoms with Crippen molar-refractivity contribution in [1.29, 1.82) is 0 Å². The molecular weight excluding hydrogens is 360 g/mol. The van der Waals surface area contributed by atoms with Crippen LogP contribution in [0, 0.1) is 6.92 Å². The van der Waals surface area contributed by atoms with Gasteiger partial charge in [0.05, 0.1) is 7.11 Å². The molecule has 29 heavy (non-hydrogen) atoms. The molecule has 1 aliphatic heterocycles. The van der Waals surface area contributed by atoms with Crippen molar-refractivity contribution in [2.45, 2.75) is 39.2 Å². The molecule has 1 fully saturated rings. The van der Waals surface area contributed by atoms with Crippen LogP contribution in [-0.2, 0) is 0 Å². The van der Waals surface area contributed by atoms with Gasteiger partial charge in [-0.1, -0.05) is 32.0 Å². The van der Waals surface area contributed by atoms with E-state index in [-0.39, 0.29) is 6.10 Å². The molecule has 2 aromatic carbocycles. The molecule has 4 heteroatoms. The molecule has 0 amide bonds. The number of methoxy groups -OCH3 is 1. The first-order valence-electron chi connectivity index (χ1n) is 10.8. The third kappa shape index (κ3) is 5.97. The van der Waals surface area contributed by atoms with Crippen LogP contribution in [0.2, 0.25) is 0 Å². The summed E-state index contributed by atoms with van der Waals surface area (Å²) in [6.07, 6.45) is 0.969. The molecule has 0 saturated carbocycles. The summed E-state index contributed by atoms with van der Waals surface area (Å²) >= 11 is 0. The van der Waals surface area contributed by atoms with Crippen molar-refractivity contribution in [3.8, 4) is 11.5 Å². The van der Waals surface area contributed by atoms with Crippen molar-refractivity contribution >= 4 is 0 Å². The van der Waals surface area contributed by atoms with E-state index in [0.717, 1.165) is 50.6 Å². The van der Waals surface area contributed by atoms with E-state index in [0.29, 0.717) is 5.92 Å². The van der Waals surface area contributed by atoms with Gasteiger partial charge in [-0.05, 0) is 60.8 Å². The lowest BCUT2D eigenvalue weighted by atomic mass is 9.98. The summed E-state index contributed by atoms with van der Waals surface area (Å²) in [5, 5.41) is 0. The van der Waals surface area contributed by atoms with Gasteiger partial charge >= 0.3 is 0 Å². The van der Waals surface area contributed by atoms with Gasteiger partial charge in [-0.2, -0.15) is 0 Å². The standard InChI is InChI=1S/C25H36N2O2/c1-19(2)24-10-9-23(17-20(24)3)29-25(21-7-6-8-22(18-21)28-5)11-12-27-15-13-26(4)14-16-27/h6-10,17-19,25H,11-16H2,1-5H3/t25-/m1/s1. The number of likely N-dealkylation sites (N-methyl/N-ethyl adjacent to an activating group) is 1. The number of hydrogen-bond donors (Lipinski definition) is 0. The second-order valence-corrected chi connectivity index (χ2v) is 8.49. The normalized spacial score (nSPS) is 16.8. The number of hydrogen-bond acceptors (Lipinski definition) is 4. The first-order valence-corrected chi connectivity index (χ1v) is 10.8. The Balaban J connectivity index is 1.75. The molecule has 1 aliphatic rings. The van der Waals surface area contributed by atoms with E-state index < -0.39 is 0 Å². The van der Waals surface area contributed by atoms with E-state index in [1.54, 1.807) is 7.11 Å². The monoisotopic (exact) mass is 396 g/mol. The molecular formula is C25H36N2O2. The average molecular weight is 397 g/mol. The smallest absolute Gasteiger partial charge is 0.125 e. The molecule has 0 N–H and O–H groups in total. The Labute approximate surface area is 176 Å². The number of nitrogens with zero attached hydrogens (tertiary/aromatic N) is 2. The Bertz CT molecular complexity index is 782. The van der Waals surface area contributed by atoms with Crippen LogP contribution in [-0.4, -0.2) is 56.7 Å². The van der Waals surface area contributed by atoms with Crippen LogP contribution in [0.4, 0.5) is 0 Å². The second kappa shape index (κ2) is 10.1. The minimum Gasteiger partial charge on any atom is -0.497 e. The van der Waals surface area contributed by atoms with Crippen molar-refractivity contribution in [3.63, 3.8) is 0 Å². The van der Waals surface area contributed by atoms with Gasteiger partial charge in [-0.15, -0.1) is 0 Å². The zero-order valence-corrected chi connectivity index (χ0v) is 18.6. The summed E-state index contributed by atoms with van der Waals surface area (Å²) in [7, 11) is 3.91. The number of piperazine rings is 1. The van der Waals surface area contributed by atoms with Crippen molar-refractivity contribution < 1.29 is 9.47 Å². The SMILES string of the molecule is COc1cccc([C@@H](CCN2CCN(C)CC2)Oc2ccc(C(C)C)c(C)c2)c1. The zero-order valence-electron chi connectivity index (χ0n) is 18.6. The Morgan fingerprint density at radius 1 is 0.966 bits per heavy atom. The zero-order chi connectivity index (χ0) is 20.8. The fraction of sp³-hybridized carbons (Fsp3) is 0.520. The summed E-state index contributed by atoms with van der Waals surface area (Å²) in [5.74, 6) is 2.34. The summed E-state index contributed by atoms with van der Waals surface area (Å²) < 4.78 is 12.0. The number of aryl methyl sites for hydroxylation is 1. The maximum atomic E-state index is 6.54. The molecule has 0 spiro atoms. The van der Waals surface area contributed by atoms with Gasteiger partial charge < -0.3 is 19.3 Å². The van der Waals surface area contributed by atoms with Crippen LogP contribution >= 0.6 is 0 Å². The minimum absolute atomic E-state index is 0.00839. The fourth-order valence-corrected chi connectivity index (χ4v) is 4.04. The second-order valence-electron chi connectivity index (χ2n) is 8.49. The number of ether oxygens (including phenoxy) is 2. The molecule has 158 valence electrons. The van der Waals surface area contributed by atoms with E-state index in [4.69, 9.17) is 9.47 Å². The minimum atomic E-state index is 0.00839. The Kier molecular flexibility index (Phi) is 7.57. The van der Waals surface area contributed by atoms with E-state index in [9.17, 15) is 0 Å². The number of rotatable bonds is 8. The lowest BCUT2D eigenvalue weighted by Gasteiger charge is -2.33. The van der Waals surface area contributed by atoms with Crippen LogP contribution < -0.4 is 9.47 Å². The van der Waals surface area contributed by atoms with Crippen LogP contribution in [0.1, 0.15) is 49.0 Å². The average Bonchev–Trinajstić information content (AvgIpc) is 2.72. The lowest BCUT2D eigenvalue weighted by Crippen LogP contribution is -2.45. The summed E-state index contributed by atoms with van der Waals surface area (Å²) in [6.45, 7) is 12.2. The molecule has 0 aromatic heterocycles. The molecule has 1 saturated heterocycles. The molecule has 1 atom stereocenters. The maximum absolute atomic E-state index is 6.54. The molecule has 4 nitrogen and oxygen atoms in total. The van der Waals surface area contributed by atoms with Crippen LogP contribution in [0.3, 0.4) is 0 Å². The van der Waals surface area contributed by atoms with Crippen LogP contribution in [0.25, 0.3) is 0 Å². The van der Waals surface area contributed by atoms with Gasteiger partial charge in [0, 0.05) is 39.1 Å². The van der Waals surface area contributed by atoms with Gasteiger partial charge in [-0.25, -0.2) is 0 Å². The largest absolute Gasteiger partial charge is 0.497 e. The van der Waals surface area contributed by atoms with Crippen LogP contribution in [0.5, 0.6) is 11.5 Å². The first kappa shape index (κ1) is 21.7. The van der Waals surface area contributed by atoms with E-state index in [1.165, 1.54) is 16.7 Å². The highest BCUT2D eigenvalue weighted by Crippen LogP contribution is 2.30. The maximum Gasteiger partial charge on any atom is 0.125 e. The van der Waals surface area contributed by atoms with Gasteiger partial charge in [0.25, 0.3) is 0 Å². The molecule has 0 bridgehead atoms. The summed E-state index contributed by atoms with van der Waals surface area (Å²) in [6, 6.07) is 14.8. The molecule has 1 heterocycles. The predicted octanol–water partition coefficient (Wildman–Crippen LogP) is 4.88. The number of benzene rings is 2. The van der Waals surface area contributed by atoms with E-state index >= 15 is 0 Å². The quantitative estimate of drug-likeness (QED) is 0.635. The Hall–Kier alpha value is -2.04. The predicted molar refractivity (Wildman–Crippen MR) is 120 cm³/mol. The molecule has 0 unspecified atom stereocenters. The van der Waals surface area contributed by atoms with Crippen molar-refractivity contribution in [3.05, 3.63) is 59.2 Å². The van der Waals surface area contributed by atoms with Crippen molar-refractivity contribution in [2.24, 2.45) is 0 Å². The van der Waals surface area contributed by atoms with E-state index in [2.05, 4.69) is 68.0 Å². The fourth-order valence-electron chi connectivity index (χ4n) is 4.04. The van der Waals surface area contributed by atoms with Gasteiger partial charge in [0.2, 0.25) is 0 Å². The van der Waals surface area contributed by atoms with Crippen molar-refractivity contribution in [1.82, 2.24) is 9.80 Å².